The highest BCUT2D eigenvalue weighted by atomic mass is 32.1. The predicted octanol–water partition coefficient (Wildman–Crippen LogP) is 2.24. The van der Waals surface area contributed by atoms with Crippen LogP contribution in [0.1, 0.15) is 23.1 Å². The first-order chi connectivity index (χ1) is 9.17. The first-order valence-corrected chi connectivity index (χ1v) is 8.14. The molecule has 0 bridgehead atoms. The lowest BCUT2D eigenvalue weighted by Crippen LogP contribution is -2.26. The van der Waals surface area contributed by atoms with Gasteiger partial charge in [0, 0.05) is 35.9 Å². The maximum atomic E-state index is 3.39. The van der Waals surface area contributed by atoms with Crippen LogP contribution in [0, 0.1) is 5.92 Å². The number of hydrogen-bond donors (Lipinski definition) is 1. The molecule has 0 aromatic carbocycles. The Hall–Kier alpha value is -0.420. The van der Waals surface area contributed by atoms with Gasteiger partial charge in [-0.15, -0.1) is 11.3 Å². The molecule has 1 fully saturated rings. The summed E-state index contributed by atoms with van der Waals surface area (Å²) in [6.07, 6.45) is 1.36. The normalized spacial score (nSPS) is 20.5. The van der Waals surface area contributed by atoms with Crippen molar-refractivity contribution in [3.8, 4) is 0 Å². The van der Waals surface area contributed by atoms with E-state index in [0.717, 1.165) is 25.6 Å². The van der Waals surface area contributed by atoms with E-state index >= 15 is 0 Å². The molecular formula is C15H27N3S. The van der Waals surface area contributed by atoms with Crippen molar-refractivity contribution < 1.29 is 0 Å². The van der Waals surface area contributed by atoms with Crippen molar-refractivity contribution in [1.82, 2.24) is 15.1 Å². The third kappa shape index (κ3) is 4.88. The van der Waals surface area contributed by atoms with E-state index in [0.29, 0.717) is 0 Å². The molecule has 1 N–H and O–H groups in total. The SMILES string of the molecule is CCNCc1ccc(CN(C)CC2CCN(C)C2)s1. The number of likely N-dealkylation sites (tertiary alicyclic amines) is 1. The van der Waals surface area contributed by atoms with Crippen LogP contribution in [0.4, 0.5) is 0 Å². The molecule has 1 saturated heterocycles. The molecular weight excluding hydrogens is 254 g/mol. The van der Waals surface area contributed by atoms with Crippen molar-refractivity contribution in [2.45, 2.75) is 26.4 Å². The molecule has 0 saturated carbocycles. The fourth-order valence-corrected chi connectivity index (χ4v) is 3.87. The van der Waals surface area contributed by atoms with E-state index < -0.39 is 0 Å². The standard InChI is InChI=1S/C15H27N3S/c1-4-16-9-14-5-6-15(19-14)12-18(3)11-13-7-8-17(2)10-13/h5-6,13,16H,4,7-12H2,1-3H3. The molecule has 3 nitrogen and oxygen atoms in total. The van der Waals surface area contributed by atoms with Crippen LogP contribution in [0.2, 0.25) is 0 Å². The molecule has 4 heteroatoms. The summed E-state index contributed by atoms with van der Waals surface area (Å²) in [5.74, 6) is 0.858. The first-order valence-electron chi connectivity index (χ1n) is 7.32. The van der Waals surface area contributed by atoms with Crippen LogP contribution < -0.4 is 5.32 Å². The minimum absolute atomic E-state index is 0.858. The van der Waals surface area contributed by atoms with E-state index in [9.17, 15) is 0 Å². The lowest BCUT2D eigenvalue weighted by atomic mass is 10.1. The van der Waals surface area contributed by atoms with Gasteiger partial charge in [0.25, 0.3) is 0 Å². The van der Waals surface area contributed by atoms with Gasteiger partial charge in [-0.3, -0.25) is 0 Å². The van der Waals surface area contributed by atoms with E-state index in [4.69, 9.17) is 0 Å². The van der Waals surface area contributed by atoms with Crippen molar-refractivity contribution in [2.24, 2.45) is 5.92 Å². The fourth-order valence-electron chi connectivity index (χ4n) is 2.80. The van der Waals surface area contributed by atoms with Crippen LogP contribution in [-0.2, 0) is 13.1 Å². The smallest absolute Gasteiger partial charge is 0.0325 e. The lowest BCUT2D eigenvalue weighted by molar-refractivity contribution is 0.269. The number of hydrogen-bond acceptors (Lipinski definition) is 4. The molecule has 2 rings (SSSR count). The molecule has 1 aromatic heterocycles. The average molecular weight is 281 g/mol. The Labute approximate surface area is 121 Å². The summed E-state index contributed by atoms with van der Waals surface area (Å²) >= 11 is 1.95. The van der Waals surface area contributed by atoms with Gasteiger partial charge in [-0.2, -0.15) is 0 Å². The number of thiophene rings is 1. The molecule has 108 valence electrons. The van der Waals surface area contributed by atoms with Crippen molar-refractivity contribution in [2.75, 3.05) is 40.3 Å². The second-order valence-corrected chi connectivity index (χ2v) is 7.01. The zero-order valence-electron chi connectivity index (χ0n) is 12.5. The highest BCUT2D eigenvalue weighted by molar-refractivity contribution is 7.11. The summed E-state index contributed by atoms with van der Waals surface area (Å²) in [6, 6.07) is 4.55. The van der Waals surface area contributed by atoms with Gasteiger partial charge in [0.1, 0.15) is 0 Å². The minimum Gasteiger partial charge on any atom is -0.312 e. The zero-order valence-corrected chi connectivity index (χ0v) is 13.3. The van der Waals surface area contributed by atoms with Crippen molar-refractivity contribution in [3.63, 3.8) is 0 Å². The number of rotatable bonds is 7. The fraction of sp³-hybridized carbons (Fsp3) is 0.733. The molecule has 0 aliphatic carbocycles. The Balaban J connectivity index is 1.75. The van der Waals surface area contributed by atoms with E-state index in [1.54, 1.807) is 0 Å². The monoisotopic (exact) mass is 281 g/mol. The van der Waals surface area contributed by atoms with Gasteiger partial charge in [-0.1, -0.05) is 6.92 Å². The first kappa shape index (κ1) is 15.0. The summed E-state index contributed by atoms with van der Waals surface area (Å²) in [7, 11) is 4.48. The molecule has 19 heavy (non-hydrogen) atoms. The van der Waals surface area contributed by atoms with Crippen LogP contribution in [0.25, 0.3) is 0 Å². The molecule has 0 radical (unpaired) electrons. The van der Waals surface area contributed by atoms with Gasteiger partial charge in [0.2, 0.25) is 0 Å². The van der Waals surface area contributed by atoms with Gasteiger partial charge in [0.05, 0.1) is 0 Å². The minimum atomic E-state index is 0.858. The van der Waals surface area contributed by atoms with Gasteiger partial charge in [0.15, 0.2) is 0 Å². The maximum Gasteiger partial charge on any atom is 0.0325 e. The van der Waals surface area contributed by atoms with Crippen LogP contribution in [0.15, 0.2) is 12.1 Å². The second-order valence-electron chi connectivity index (χ2n) is 5.76. The van der Waals surface area contributed by atoms with Crippen molar-refractivity contribution in [3.05, 3.63) is 21.9 Å². The predicted molar refractivity (Wildman–Crippen MR) is 83.6 cm³/mol. The molecule has 1 aliphatic rings. The molecule has 1 atom stereocenters. The zero-order chi connectivity index (χ0) is 13.7. The largest absolute Gasteiger partial charge is 0.312 e. The Morgan fingerprint density at radius 3 is 2.89 bits per heavy atom. The van der Waals surface area contributed by atoms with E-state index in [1.807, 2.05) is 11.3 Å². The topological polar surface area (TPSA) is 18.5 Å². The summed E-state index contributed by atoms with van der Waals surface area (Å²) in [5.41, 5.74) is 0. The molecule has 0 amide bonds. The van der Waals surface area contributed by atoms with Crippen LogP contribution in [0.5, 0.6) is 0 Å². The van der Waals surface area contributed by atoms with Crippen LogP contribution in [0.3, 0.4) is 0 Å². The summed E-state index contributed by atoms with van der Waals surface area (Å²) in [5, 5.41) is 3.39. The van der Waals surface area contributed by atoms with Gasteiger partial charge >= 0.3 is 0 Å². The maximum absolute atomic E-state index is 3.39. The summed E-state index contributed by atoms with van der Waals surface area (Å²) in [4.78, 5) is 7.86. The van der Waals surface area contributed by atoms with E-state index in [-0.39, 0.29) is 0 Å². The highest BCUT2D eigenvalue weighted by Gasteiger charge is 2.20. The Morgan fingerprint density at radius 1 is 1.42 bits per heavy atom. The van der Waals surface area contributed by atoms with Crippen LogP contribution in [-0.4, -0.2) is 50.1 Å². The molecule has 1 aliphatic heterocycles. The van der Waals surface area contributed by atoms with Gasteiger partial charge < -0.3 is 15.1 Å². The van der Waals surface area contributed by atoms with E-state index in [1.165, 1.54) is 35.8 Å². The average Bonchev–Trinajstić information content (AvgIpc) is 2.96. The Kier molecular flexibility index (Phi) is 5.82. The second kappa shape index (κ2) is 7.39. The van der Waals surface area contributed by atoms with Gasteiger partial charge in [-0.05, 0) is 51.7 Å². The molecule has 0 spiro atoms. The highest BCUT2D eigenvalue weighted by Crippen LogP contribution is 2.20. The summed E-state index contributed by atoms with van der Waals surface area (Å²) in [6.45, 7) is 9.06. The van der Waals surface area contributed by atoms with Crippen LogP contribution >= 0.6 is 11.3 Å². The number of nitrogens with zero attached hydrogens (tertiary/aromatic N) is 2. The van der Waals surface area contributed by atoms with Gasteiger partial charge in [-0.25, -0.2) is 0 Å². The molecule has 2 heterocycles. The Bertz CT molecular complexity index is 377. The van der Waals surface area contributed by atoms with Crippen molar-refractivity contribution in [1.29, 1.82) is 0 Å². The molecule has 1 unspecified atom stereocenters. The third-order valence-electron chi connectivity index (χ3n) is 3.75. The van der Waals surface area contributed by atoms with E-state index in [2.05, 4.69) is 48.3 Å². The summed E-state index contributed by atoms with van der Waals surface area (Å²) < 4.78 is 0. The van der Waals surface area contributed by atoms with Crippen molar-refractivity contribution >= 4 is 11.3 Å². The Morgan fingerprint density at radius 2 is 2.21 bits per heavy atom. The quantitative estimate of drug-likeness (QED) is 0.827. The number of nitrogens with one attached hydrogen (secondary N) is 1. The molecule has 1 aromatic rings. The third-order valence-corrected chi connectivity index (χ3v) is 4.82. The lowest BCUT2D eigenvalue weighted by Gasteiger charge is -2.20.